The molecule has 1 amide bonds. The number of nitrogens with two attached hydrogens (primary N) is 1. The highest BCUT2D eigenvalue weighted by Crippen LogP contribution is 2.32. The Bertz CT molecular complexity index is 428. The number of carbonyl (C=O) groups is 1. The van der Waals surface area contributed by atoms with Crippen molar-refractivity contribution < 1.29 is 9.53 Å². The van der Waals surface area contributed by atoms with Crippen LogP contribution in [0.4, 0.5) is 0 Å². The molecule has 2 N–H and O–H groups in total. The molecular weight excluding hydrogens is 288 g/mol. The molecule has 0 saturated heterocycles. The van der Waals surface area contributed by atoms with Crippen LogP contribution >= 0.6 is 12.4 Å². The minimum absolute atomic E-state index is 0. The lowest BCUT2D eigenvalue weighted by Gasteiger charge is -2.24. The van der Waals surface area contributed by atoms with Crippen molar-refractivity contribution >= 4 is 18.3 Å². The Hall–Kier alpha value is -1.26. The van der Waals surface area contributed by atoms with E-state index in [1.165, 1.54) is 0 Å². The molecule has 1 fully saturated rings. The fourth-order valence-electron chi connectivity index (χ4n) is 2.85. The van der Waals surface area contributed by atoms with Crippen LogP contribution in [-0.4, -0.2) is 37.6 Å². The number of halogens is 1. The number of hydrogen-bond acceptors (Lipinski definition) is 3. The number of ether oxygens (including phenoxy) is 1. The summed E-state index contributed by atoms with van der Waals surface area (Å²) in [4.78, 5) is 14.2. The van der Waals surface area contributed by atoms with Crippen LogP contribution in [0.3, 0.4) is 0 Å². The van der Waals surface area contributed by atoms with Crippen LogP contribution < -0.4 is 10.5 Å². The molecule has 1 saturated carbocycles. The molecule has 0 radical (unpaired) electrons. The first-order chi connectivity index (χ1) is 9.72. The van der Waals surface area contributed by atoms with Gasteiger partial charge in [0.2, 0.25) is 5.91 Å². The Morgan fingerprint density at radius 1 is 1.33 bits per heavy atom. The summed E-state index contributed by atoms with van der Waals surface area (Å²) in [7, 11) is 1.85. The van der Waals surface area contributed by atoms with E-state index in [-0.39, 0.29) is 24.2 Å². The number of nitrogens with zero attached hydrogens (tertiary/aromatic N) is 1. The van der Waals surface area contributed by atoms with Gasteiger partial charge in [0.25, 0.3) is 0 Å². The summed E-state index contributed by atoms with van der Waals surface area (Å²) in [6, 6.07) is 9.67. The first-order valence-corrected chi connectivity index (χ1v) is 7.35. The van der Waals surface area contributed by atoms with Crippen LogP contribution in [0.15, 0.2) is 30.3 Å². The Balaban J connectivity index is 0.00000220. The smallest absolute Gasteiger partial charge is 0.225 e. The summed E-state index contributed by atoms with van der Waals surface area (Å²) in [6.45, 7) is 1.75. The van der Waals surface area contributed by atoms with Crippen LogP contribution in [0, 0.1) is 11.8 Å². The third-order valence-electron chi connectivity index (χ3n) is 4.09. The van der Waals surface area contributed by atoms with Crippen LogP contribution in [-0.2, 0) is 4.79 Å². The lowest BCUT2D eigenvalue weighted by atomic mass is 9.95. The maximum absolute atomic E-state index is 12.4. The van der Waals surface area contributed by atoms with Gasteiger partial charge in [-0.1, -0.05) is 24.6 Å². The zero-order chi connectivity index (χ0) is 14.4. The molecule has 0 heterocycles. The van der Waals surface area contributed by atoms with E-state index in [1.807, 2.05) is 37.4 Å². The number of para-hydroxylation sites is 1. The summed E-state index contributed by atoms with van der Waals surface area (Å²) in [5, 5.41) is 0. The third kappa shape index (κ3) is 4.90. The molecule has 0 bridgehead atoms. The van der Waals surface area contributed by atoms with Gasteiger partial charge < -0.3 is 15.4 Å². The standard InChI is InChI=1S/C16H24N2O2.ClH/c1-18(10-11-20-14-7-3-2-4-8-14)16(19)15-9-5-6-13(15)12-17;/h2-4,7-8,13,15H,5-6,9-12,17H2,1H3;1H/t13-,15-;/m1./s1. The maximum Gasteiger partial charge on any atom is 0.225 e. The summed E-state index contributed by atoms with van der Waals surface area (Å²) in [5.41, 5.74) is 5.74. The van der Waals surface area contributed by atoms with Crippen LogP contribution in [0.1, 0.15) is 19.3 Å². The first-order valence-electron chi connectivity index (χ1n) is 7.35. The lowest BCUT2D eigenvalue weighted by molar-refractivity contribution is -0.135. The number of benzene rings is 1. The van der Waals surface area contributed by atoms with Crippen molar-refractivity contribution in [1.29, 1.82) is 0 Å². The van der Waals surface area contributed by atoms with Crippen molar-refractivity contribution in [3.05, 3.63) is 30.3 Å². The van der Waals surface area contributed by atoms with Crippen LogP contribution in [0.2, 0.25) is 0 Å². The van der Waals surface area contributed by atoms with Crippen molar-refractivity contribution in [3.63, 3.8) is 0 Å². The fourth-order valence-corrected chi connectivity index (χ4v) is 2.85. The fraction of sp³-hybridized carbons (Fsp3) is 0.562. The maximum atomic E-state index is 12.4. The molecule has 5 heteroatoms. The second-order valence-electron chi connectivity index (χ2n) is 5.45. The molecule has 1 aromatic rings. The first kappa shape index (κ1) is 17.8. The van der Waals surface area contributed by atoms with Crippen LogP contribution in [0.25, 0.3) is 0 Å². The molecule has 2 atom stereocenters. The van der Waals surface area contributed by atoms with Gasteiger partial charge in [-0.3, -0.25) is 4.79 Å². The number of rotatable bonds is 6. The monoisotopic (exact) mass is 312 g/mol. The van der Waals surface area contributed by atoms with Crippen molar-refractivity contribution in [2.24, 2.45) is 17.6 Å². The Morgan fingerprint density at radius 2 is 2.05 bits per heavy atom. The summed E-state index contributed by atoms with van der Waals surface area (Å²) >= 11 is 0. The van der Waals surface area contributed by atoms with E-state index in [1.54, 1.807) is 4.90 Å². The van der Waals surface area contributed by atoms with E-state index in [0.717, 1.165) is 25.0 Å². The summed E-state index contributed by atoms with van der Waals surface area (Å²) in [6.07, 6.45) is 3.18. The SMILES string of the molecule is CN(CCOc1ccccc1)C(=O)[C@@H]1CCC[C@@H]1CN.Cl. The van der Waals surface area contributed by atoms with Gasteiger partial charge in [0.05, 0.1) is 6.54 Å². The molecule has 1 aromatic carbocycles. The predicted octanol–water partition coefficient (Wildman–Crippen LogP) is 2.32. The molecule has 1 aliphatic carbocycles. The van der Waals surface area contributed by atoms with Crippen molar-refractivity contribution in [1.82, 2.24) is 4.90 Å². The molecule has 0 unspecified atom stereocenters. The number of amides is 1. The molecule has 2 rings (SSSR count). The highest BCUT2D eigenvalue weighted by atomic mass is 35.5. The normalized spacial score (nSPS) is 20.7. The molecular formula is C16H25ClN2O2. The topological polar surface area (TPSA) is 55.6 Å². The molecule has 21 heavy (non-hydrogen) atoms. The van der Waals surface area contributed by atoms with Gasteiger partial charge in [-0.05, 0) is 37.4 Å². The zero-order valence-electron chi connectivity index (χ0n) is 12.5. The Labute approximate surface area is 133 Å². The summed E-state index contributed by atoms with van der Waals surface area (Å²) in [5.74, 6) is 1.53. The Kier molecular flexibility index (Phi) is 7.54. The van der Waals surface area contributed by atoms with E-state index in [9.17, 15) is 4.79 Å². The number of likely N-dealkylation sites (N-methyl/N-ethyl adjacent to an activating group) is 1. The molecule has 118 valence electrons. The minimum atomic E-state index is 0. The van der Waals surface area contributed by atoms with Gasteiger partial charge >= 0.3 is 0 Å². The number of carbonyl (C=O) groups excluding carboxylic acids is 1. The minimum Gasteiger partial charge on any atom is -0.492 e. The second-order valence-corrected chi connectivity index (χ2v) is 5.45. The van der Waals surface area contributed by atoms with E-state index < -0.39 is 0 Å². The summed E-state index contributed by atoms with van der Waals surface area (Å²) < 4.78 is 5.62. The molecule has 4 nitrogen and oxygen atoms in total. The Morgan fingerprint density at radius 3 is 2.71 bits per heavy atom. The van der Waals surface area contributed by atoms with E-state index in [0.29, 0.717) is 25.6 Å². The highest BCUT2D eigenvalue weighted by molar-refractivity contribution is 5.85. The largest absolute Gasteiger partial charge is 0.492 e. The van der Waals surface area contributed by atoms with Gasteiger partial charge in [-0.25, -0.2) is 0 Å². The van der Waals surface area contributed by atoms with Crippen molar-refractivity contribution in [2.75, 3.05) is 26.7 Å². The molecule has 0 aliphatic heterocycles. The second kappa shape index (κ2) is 8.90. The van der Waals surface area contributed by atoms with Gasteiger partial charge in [0.15, 0.2) is 0 Å². The number of hydrogen-bond donors (Lipinski definition) is 1. The van der Waals surface area contributed by atoms with E-state index >= 15 is 0 Å². The predicted molar refractivity (Wildman–Crippen MR) is 86.7 cm³/mol. The van der Waals surface area contributed by atoms with Gasteiger partial charge in [-0.15, -0.1) is 12.4 Å². The average molecular weight is 313 g/mol. The lowest BCUT2D eigenvalue weighted by Crippen LogP contribution is -2.38. The molecule has 1 aliphatic rings. The zero-order valence-corrected chi connectivity index (χ0v) is 13.3. The third-order valence-corrected chi connectivity index (χ3v) is 4.09. The molecule has 0 spiro atoms. The van der Waals surface area contributed by atoms with Crippen molar-refractivity contribution in [2.45, 2.75) is 19.3 Å². The van der Waals surface area contributed by atoms with Crippen LogP contribution in [0.5, 0.6) is 5.75 Å². The van der Waals surface area contributed by atoms with Crippen molar-refractivity contribution in [3.8, 4) is 5.75 Å². The van der Waals surface area contributed by atoms with Gasteiger partial charge in [0.1, 0.15) is 12.4 Å². The quantitative estimate of drug-likeness (QED) is 0.877. The van der Waals surface area contributed by atoms with Gasteiger partial charge in [-0.2, -0.15) is 0 Å². The van der Waals surface area contributed by atoms with Gasteiger partial charge in [0, 0.05) is 13.0 Å². The van der Waals surface area contributed by atoms with E-state index in [2.05, 4.69) is 0 Å². The van der Waals surface area contributed by atoms with E-state index in [4.69, 9.17) is 10.5 Å². The average Bonchev–Trinajstić information content (AvgIpc) is 2.96. The molecule has 0 aromatic heterocycles. The highest BCUT2D eigenvalue weighted by Gasteiger charge is 2.33.